The molecule has 3 rings (SSSR count). The molecule has 0 aliphatic carbocycles. The molecule has 0 atom stereocenters. The van der Waals surface area contributed by atoms with Gasteiger partial charge in [-0.25, -0.2) is 0 Å². The van der Waals surface area contributed by atoms with Crippen molar-refractivity contribution in [3.63, 3.8) is 0 Å². The van der Waals surface area contributed by atoms with E-state index in [2.05, 4.69) is 15.3 Å². The number of aromatic nitrogens is 4. The SMILES string of the molecule is O=C(O)Cc1nn2c(-c3ccccc3Cl)nnc2s1. The molecule has 2 heterocycles. The number of aliphatic carboxylic acids is 1. The van der Waals surface area contributed by atoms with E-state index in [0.717, 1.165) is 0 Å². The zero-order valence-electron chi connectivity index (χ0n) is 9.45. The van der Waals surface area contributed by atoms with Crippen LogP contribution < -0.4 is 0 Å². The van der Waals surface area contributed by atoms with E-state index in [-0.39, 0.29) is 6.42 Å². The molecule has 3 aromatic rings. The van der Waals surface area contributed by atoms with Gasteiger partial charge in [0.2, 0.25) is 4.96 Å². The fraction of sp³-hybridized carbons (Fsp3) is 0.0909. The first-order chi connectivity index (χ1) is 9.15. The summed E-state index contributed by atoms with van der Waals surface area (Å²) in [6.45, 7) is 0. The summed E-state index contributed by atoms with van der Waals surface area (Å²) in [5.41, 5.74) is 0.712. The van der Waals surface area contributed by atoms with Crippen LogP contribution in [0.5, 0.6) is 0 Å². The zero-order chi connectivity index (χ0) is 13.4. The smallest absolute Gasteiger partial charge is 0.310 e. The van der Waals surface area contributed by atoms with Gasteiger partial charge in [-0.1, -0.05) is 35.1 Å². The first-order valence-corrected chi connectivity index (χ1v) is 6.52. The molecule has 1 aromatic carbocycles. The van der Waals surface area contributed by atoms with Crippen LogP contribution in [-0.2, 0) is 11.2 Å². The highest BCUT2D eigenvalue weighted by Crippen LogP contribution is 2.27. The van der Waals surface area contributed by atoms with Crippen LogP contribution >= 0.6 is 22.9 Å². The third-order valence-corrected chi connectivity index (χ3v) is 3.68. The predicted molar refractivity (Wildman–Crippen MR) is 70.4 cm³/mol. The molecular weight excluding hydrogens is 288 g/mol. The summed E-state index contributed by atoms with van der Waals surface area (Å²) in [7, 11) is 0. The lowest BCUT2D eigenvalue weighted by molar-refractivity contribution is -0.136. The van der Waals surface area contributed by atoms with Crippen LogP contribution in [0.15, 0.2) is 24.3 Å². The monoisotopic (exact) mass is 294 g/mol. The molecule has 1 N–H and O–H groups in total. The van der Waals surface area contributed by atoms with Gasteiger partial charge in [0.05, 0.1) is 11.4 Å². The minimum Gasteiger partial charge on any atom is -0.481 e. The highest BCUT2D eigenvalue weighted by molar-refractivity contribution is 7.16. The van der Waals surface area contributed by atoms with E-state index in [9.17, 15) is 4.79 Å². The number of nitrogens with zero attached hydrogens (tertiary/aromatic N) is 4. The predicted octanol–water partition coefficient (Wildman–Crippen LogP) is 2.13. The Hall–Kier alpha value is -1.99. The first-order valence-electron chi connectivity index (χ1n) is 5.33. The van der Waals surface area contributed by atoms with Gasteiger partial charge in [-0.15, -0.1) is 10.2 Å². The minimum absolute atomic E-state index is 0.129. The van der Waals surface area contributed by atoms with E-state index in [4.69, 9.17) is 16.7 Å². The molecule has 2 aromatic heterocycles. The Labute approximate surface area is 116 Å². The first kappa shape index (κ1) is 12.1. The van der Waals surface area contributed by atoms with Crippen LogP contribution in [0.1, 0.15) is 5.01 Å². The number of hydrogen-bond donors (Lipinski definition) is 1. The molecule has 0 aliphatic heterocycles. The largest absolute Gasteiger partial charge is 0.481 e. The average molecular weight is 295 g/mol. The Morgan fingerprint density at radius 1 is 1.37 bits per heavy atom. The molecule has 0 aliphatic rings. The van der Waals surface area contributed by atoms with Crippen molar-refractivity contribution in [1.82, 2.24) is 19.8 Å². The molecule has 0 saturated carbocycles. The van der Waals surface area contributed by atoms with Crippen LogP contribution in [0.2, 0.25) is 5.02 Å². The summed E-state index contributed by atoms with van der Waals surface area (Å²) in [4.78, 5) is 11.2. The summed E-state index contributed by atoms with van der Waals surface area (Å²) >= 11 is 7.31. The quantitative estimate of drug-likeness (QED) is 0.800. The molecule has 0 bridgehead atoms. The van der Waals surface area contributed by atoms with Crippen molar-refractivity contribution >= 4 is 33.9 Å². The maximum Gasteiger partial charge on any atom is 0.310 e. The number of halogens is 1. The number of benzene rings is 1. The van der Waals surface area contributed by atoms with E-state index >= 15 is 0 Å². The molecule has 19 heavy (non-hydrogen) atoms. The molecule has 0 radical (unpaired) electrons. The van der Waals surface area contributed by atoms with Gasteiger partial charge in [0.15, 0.2) is 5.82 Å². The number of carboxylic acid groups (broad SMARTS) is 1. The molecular formula is C11H7ClN4O2S. The fourth-order valence-electron chi connectivity index (χ4n) is 1.67. The highest BCUT2D eigenvalue weighted by Gasteiger charge is 2.16. The van der Waals surface area contributed by atoms with Gasteiger partial charge in [0.1, 0.15) is 5.01 Å². The minimum atomic E-state index is -0.927. The van der Waals surface area contributed by atoms with Gasteiger partial charge in [0, 0.05) is 5.56 Å². The Balaban J connectivity index is 2.12. The Morgan fingerprint density at radius 2 is 2.16 bits per heavy atom. The fourth-order valence-corrected chi connectivity index (χ4v) is 2.71. The molecule has 0 amide bonds. The number of carbonyl (C=O) groups is 1. The van der Waals surface area contributed by atoms with Crippen molar-refractivity contribution in [2.45, 2.75) is 6.42 Å². The second-order valence-electron chi connectivity index (χ2n) is 3.76. The third-order valence-electron chi connectivity index (χ3n) is 2.45. The van der Waals surface area contributed by atoms with E-state index in [1.54, 1.807) is 6.07 Å². The van der Waals surface area contributed by atoms with Gasteiger partial charge < -0.3 is 5.11 Å². The molecule has 8 heteroatoms. The Bertz CT molecular complexity index is 767. The van der Waals surface area contributed by atoms with Gasteiger partial charge in [-0.05, 0) is 12.1 Å². The molecule has 0 fully saturated rings. The van der Waals surface area contributed by atoms with Crippen molar-refractivity contribution in [3.8, 4) is 11.4 Å². The molecule has 0 spiro atoms. The van der Waals surface area contributed by atoms with E-state index in [0.29, 0.717) is 26.4 Å². The van der Waals surface area contributed by atoms with Gasteiger partial charge in [0.25, 0.3) is 0 Å². The lowest BCUT2D eigenvalue weighted by atomic mass is 10.2. The van der Waals surface area contributed by atoms with Crippen LogP contribution in [0.3, 0.4) is 0 Å². The Morgan fingerprint density at radius 3 is 2.89 bits per heavy atom. The number of fused-ring (bicyclic) bond motifs is 1. The number of hydrogen-bond acceptors (Lipinski definition) is 5. The summed E-state index contributed by atoms with van der Waals surface area (Å²) in [6, 6.07) is 7.23. The van der Waals surface area contributed by atoms with Crippen molar-refractivity contribution < 1.29 is 9.90 Å². The van der Waals surface area contributed by atoms with Gasteiger partial charge >= 0.3 is 5.97 Å². The van der Waals surface area contributed by atoms with Crippen molar-refractivity contribution in [2.24, 2.45) is 0 Å². The highest BCUT2D eigenvalue weighted by atomic mass is 35.5. The molecule has 0 saturated heterocycles. The van der Waals surface area contributed by atoms with Crippen LogP contribution in [0.4, 0.5) is 0 Å². The van der Waals surface area contributed by atoms with Gasteiger partial charge in [-0.3, -0.25) is 4.79 Å². The van der Waals surface area contributed by atoms with Crippen LogP contribution in [0.25, 0.3) is 16.3 Å². The standard InChI is InChI=1S/C11H7ClN4O2S/c12-7-4-2-1-3-6(7)10-13-14-11-16(10)15-8(19-11)5-9(17)18/h1-4H,5H2,(H,17,18). The lowest BCUT2D eigenvalue weighted by Gasteiger charge is -1.99. The third kappa shape index (κ3) is 2.18. The number of rotatable bonds is 3. The van der Waals surface area contributed by atoms with Gasteiger partial charge in [-0.2, -0.15) is 9.61 Å². The second-order valence-corrected chi connectivity index (χ2v) is 5.21. The normalized spacial score (nSPS) is 11.0. The van der Waals surface area contributed by atoms with Crippen molar-refractivity contribution in [2.75, 3.05) is 0 Å². The summed E-state index contributed by atoms with van der Waals surface area (Å²) in [5, 5.41) is 22.0. The molecule has 0 unspecified atom stereocenters. The topological polar surface area (TPSA) is 80.4 Å². The van der Waals surface area contributed by atoms with E-state index < -0.39 is 5.97 Å². The van der Waals surface area contributed by atoms with E-state index in [1.807, 2.05) is 18.2 Å². The average Bonchev–Trinajstić information content (AvgIpc) is 2.89. The maximum atomic E-state index is 10.7. The van der Waals surface area contributed by atoms with Crippen molar-refractivity contribution in [1.29, 1.82) is 0 Å². The molecule has 96 valence electrons. The summed E-state index contributed by atoms with van der Waals surface area (Å²) < 4.78 is 1.52. The molecule has 6 nitrogen and oxygen atoms in total. The second kappa shape index (κ2) is 4.60. The summed E-state index contributed by atoms with van der Waals surface area (Å²) in [6.07, 6.45) is -0.129. The number of carboxylic acids is 1. The van der Waals surface area contributed by atoms with Crippen LogP contribution in [-0.4, -0.2) is 30.9 Å². The summed E-state index contributed by atoms with van der Waals surface area (Å²) in [5.74, 6) is -0.419. The van der Waals surface area contributed by atoms with Crippen LogP contribution in [0, 0.1) is 0 Å². The maximum absolute atomic E-state index is 10.7. The zero-order valence-corrected chi connectivity index (χ0v) is 11.0. The Kier molecular flexibility index (Phi) is 2.92. The van der Waals surface area contributed by atoms with E-state index in [1.165, 1.54) is 15.9 Å². The van der Waals surface area contributed by atoms with Crippen molar-refractivity contribution in [3.05, 3.63) is 34.3 Å². The lowest BCUT2D eigenvalue weighted by Crippen LogP contribution is -2.00.